The van der Waals surface area contributed by atoms with Crippen molar-refractivity contribution in [3.05, 3.63) is 70.3 Å². The van der Waals surface area contributed by atoms with E-state index in [2.05, 4.69) is 55.7 Å². The van der Waals surface area contributed by atoms with Crippen LogP contribution in [0.25, 0.3) is 0 Å². The molecule has 4 heterocycles. The first-order valence-electron chi connectivity index (χ1n) is 20.1. The number of anilines is 1. The molecule has 0 unspecified atom stereocenters. The number of ether oxygens (including phenoxy) is 2. The third kappa shape index (κ3) is 7.22. The predicted molar refractivity (Wildman–Crippen MR) is 214 cm³/mol. The molecular formula is C42H58ClN5O5S. The van der Waals surface area contributed by atoms with E-state index >= 15 is 0 Å². The minimum atomic E-state index is -3.95. The van der Waals surface area contributed by atoms with Crippen LogP contribution in [0.4, 0.5) is 5.69 Å². The van der Waals surface area contributed by atoms with E-state index in [0.717, 1.165) is 107 Å². The molecule has 2 bridgehead atoms. The van der Waals surface area contributed by atoms with E-state index in [9.17, 15) is 13.2 Å². The molecule has 1 N–H and O–H groups in total. The minimum absolute atomic E-state index is 0.212. The molecule has 10 nitrogen and oxygen atoms in total. The van der Waals surface area contributed by atoms with Gasteiger partial charge in [0, 0.05) is 88.1 Å². The van der Waals surface area contributed by atoms with Crippen LogP contribution in [0.2, 0.25) is 5.02 Å². The number of hydrogen-bond acceptors (Lipinski definition) is 9. The zero-order valence-corrected chi connectivity index (χ0v) is 34.0. The minimum Gasteiger partial charge on any atom is -0.490 e. The quantitative estimate of drug-likeness (QED) is 0.421. The molecule has 294 valence electrons. The molecule has 6 aliphatic rings. The summed E-state index contributed by atoms with van der Waals surface area (Å²) in [5.74, 6) is 0.518. The van der Waals surface area contributed by atoms with E-state index in [0.29, 0.717) is 30.6 Å². The summed E-state index contributed by atoms with van der Waals surface area (Å²) < 4.78 is 43.1. The highest BCUT2D eigenvalue weighted by molar-refractivity contribution is 7.90. The van der Waals surface area contributed by atoms with E-state index < -0.39 is 26.8 Å². The van der Waals surface area contributed by atoms with Gasteiger partial charge in [-0.1, -0.05) is 36.7 Å². The Hall–Kier alpha value is -2.67. The number of benzene rings is 2. The molecule has 3 fully saturated rings. The van der Waals surface area contributed by atoms with Crippen LogP contribution in [-0.4, -0.2) is 126 Å². The van der Waals surface area contributed by atoms with Crippen molar-refractivity contribution in [3.8, 4) is 5.75 Å². The number of likely N-dealkylation sites (N-methyl/N-ethyl adjacent to an activating group) is 1. The summed E-state index contributed by atoms with van der Waals surface area (Å²) >= 11 is 6.51. The van der Waals surface area contributed by atoms with Gasteiger partial charge in [-0.15, -0.1) is 0 Å². The van der Waals surface area contributed by atoms with Gasteiger partial charge < -0.3 is 19.3 Å². The third-order valence-electron chi connectivity index (χ3n) is 14.1. The Bertz CT molecular complexity index is 1860. The second-order valence-electron chi connectivity index (χ2n) is 17.4. The van der Waals surface area contributed by atoms with Crippen LogP contribution in [0.15, 0.2) is 48.6 Å². The number of methoxy groups -OCH3 is 1. The van der Waals surface area contributed by atoms with Crippen LogP contribution in [0, 0.1) is 17.8 Å². The van der Waals surface area contributed by atoms with E-state index in [4.69, 9.17) is 21.1 Å². The Morgan fingerprint density at radius 3 is 2.56 bits per heavy atom. The Balaban J connectivity index is 1.15. The zero-order chi connectivity index (χ0) is 37.8. The smallest absolute Gasteiger partial charge is 0.264 e. The van der Waals surface area contributed by atoms with E-state index in [1.54, 1.807) is 13.0 Å². The maximum Gasteiger partial charge on any atom is 0.264 e. The largest absolute Gasteiger partial charge is 0.490 e. The summed E-state index contributed by atoms with van der Waals surface area (Å²) in [6.07, 6.45) is 10.2. The number of halogens is 1. The maximum atomic E-state index is 13.7. The highest BCUT2D eigenvalue weighted by atomic mass is 35.5. The van der Waals surface area contributed by atoms with Crippen LogP contribution in [0.5, 0.6) is 5.75 Å². The summed E-state index contributed by atoms with van der Waals surface area (Å²) in [5, 5.41) is -0.0206. The first kappa shape index (κ1) is 38.2. The molecule has 6 atom stereocenters. The van der Waals surface area contributed by atoms with Crippen molar-refractivity contribution in [2.24, 2.45) is 17.8 Å². The number of carbonyl (C=O) groups is 1. The number of rotatable bonds is 4. The normalized spacial score (nSPS) is 34.4. The highest BCUT2D eigenvalue weighted by Crippen LogP contribution is 2.49. The summed E-state index contributed by atoms with van der Waals surface area (Å²) in [5.41, 5.74) is 2.94. The number of likely N-dealkylation sites (tertiary alicyclic amines) is 1. The molecule has 0 radical (unpaired) electrons. The molecule has 1 amide bonds. The summed E-state index contributed by atoms with van der Waals surface area (Å²) in [4.78, 5) is 23.7. The molecule has 2 aromatic carbocycles. The molecule has 2 aliphatic carbocycles. The van der Waals surface area contributed by atoms with Crippen molar-refractivity contribution in [1.29, 1.82) is 0 Å². The monoisotopic (exact) mass is 779 g/mol. The number of sulfonamides is 1. The number of aryl methyl sites for hydroxylation is 1. The number of amides is 1. The lowest BCUT2D eigenvalue weighted by atomic mass is 9.63. The number of nitrogens with one attached hydrogen (secondary N) is 1. The molecule has 2 saturated heterocycles. The molecule has 12 heteroatoms. The Kier molecular flexibility index (Phi) is 10.6. The van der Waals surface area contributed by atoms with Crippen molar-refractivity contribution < 1.29 is 22.7 Å². The van der Waals surface area contributed by atoms with Crippen molar-refractivity contribution in [2.45, 2.75) is 74.7 Å². The Morgan fingerprint density at radius 1 is 1.04 bits per heavy atom. The maximum absolute atomic E-state index is 13.7. The number of nitrogens with zero attached hydrogens (tertiary/aromatic N) is 4. The average Bonchev–Trinajstić information content (AvgIpc) is 3.28. The van der Waals surface area contributed by atoms with Crippen molar-refractivity contribution in [2.75, 3.05) is 84.6 Å². The molecular weight excluding hydrogens is 722 g/mol. The molecule has 1 spiro atoms. The summed E-state index contributed by atoms with van der Waals surface area (Å²) in [6, 6.07) is 12.4. The van der Waals surface area contributed by atoms with Gasteiger partial charge in [0.05, 0.1) is 17.5 Å². The first-order valence-corrected chi connectivity index (χ1v) is 22.1. The molecule has 4 aliphatic heterocycles. The van der Waals surface area contributed by atoms with Crippen LogP contribution >= 0.6 is 11.6 Å². The second-order valence-corrected chi connectivity index (χ2v) is 19.8. The van der Waals surface area contributed by atoms with Gasteiger partial charge in [-0.3, -0.25) is 14.6 Å². The Labute approximate surface area is 327 Å². The molecule has 8 rings (SSSR count). The molecule has 54 heavy (non-hydrogen) atoms. The summed E-state index contributed by atoms with van der Waals surface area (Å²) in [6.45, 7) is 12.9. The van der Waals surface area contributed by atoms with E-state index in [1.165, 1.54) is 11.1 Å². The average molecular weight is 780 g/mol. The van der Waals surface area contributed by atoms with Crippen LogP contribution < -0.4 is 14.4 Å². The van der Waals surface area contributed by atoms with Gasteiger partial charge in [0.1, 0.15) is 11.4 Å². The van der Waals surface area contributed by atoms with E-state index in [-0.39, 0.29) is 17.3 Å². The third-order valence-corrected chi connectivity index (χ3v) is 16.2. The van der Waals surface area contributed by atoms with Gasteiger partial charge in [0.25, 0.3) is 5.91 Å². The SMILES string of the molecule is CO[C@@]1(CN2CCN(C3CN(C)C3)CC2)/C=C/C[C@H](C)[C@@H](C)S(=O)(=O)NC(=O)c2ccc3c(c2)N(C[C@@H]2CC[C@H]21)C[C@@]1(CCCc2cc(Cl)ccc21)CO3. The topological polar surface area (TPSA) is 94.7 Å². The van der Waals surface area contributed by atoms with Crippen molar-refractivity contribution in [3.63, 3.8) is 0 Å². The number of piperazine rings is 1. The number of fused-ring (bicyclic) bond motifs is 4. The fourth-order valence-corrected chi connectivity index (χ4v) is 11.8. The van der Waals surface area contributed by atoms with Gasteiger partial charge >= 0.3 is 0 Å². The van der Waals surface area contributed by atoms with Crippen LogP contribution in [0.3, 0.4) is 0 Å². The van der Waals surface area contributed by atoms with Crippen molar-refractivity contribution in [1.82, 2.24) is 19.4 Å². The Morgan fingerprint density at radius 2 is 1.83 bits per heavy atom. The molecule has 0 aromatic heterocycles. The molecule has 2 aromatic rings. The predicted octanol–water partition coefficient (Wildman–Crippen LogP) is 5.20. The fourth-order valence-electron chi connectivity index (χ4n) is 10.3. The van der Waals surface area contributed by atoms with Gasteiger partial charge in [0.2, 0.25) is 10.0 Å². The number of carbonyl (C=O) groups excluding carboxylic acids is 1. The lowest BCUT2D eigenvalue weighted by Gasteiger charge is -2.53. The number of allylic oxidation sites excluding steroid dienone is 1. The standard InChI is InChI=1S/C42H58ClN5O5S/c1-29-7-5-16-42(52-4,27-46-17-19-47(20-18-46)35-24-45(3)25-35)37-12-9-33(37)23-48-26-41(15-6-8-31-21-34(43)11-13-36(31)41)28-53-39-14-10-32(22-38(39)48)40(49)44-54(50,51)30(29)2/h5,10-11,13-14,16,21-22,29-30,33,35,37H,6-9,12,15,17-20,23-28H2,1-4H3,(H,44,49)/b16-5+/t29-,30+,33-,37+,41-,42+/m0/s1. The zero-order valence-electron chi connectivity index (χ0n) is 32.4. The summed E-state index contributed by atoms with van der Waals surface area (Å²) in [7, 11) is 0.109. The van der Waals surface area contributed by atoms with Crippen LogP contribution in [-0.2, 0) is 26.6 Å². The number of hydrogen-bond donors (Lipinski definition) is 1. The lowest BCUT2D eigenvalue weighted by molar-refractivity contribution is -0.0982. The molecule has 1 saturated carbocycles. The van der Waals surface area contributed by atoms with Gasteiger partial charge in [0.15, 0.2) is 0 Å². The van der Waals surface area contributed by atoms with Crippen LogP contribution in [0.1, 0.15) is 67.4 Å². The van der Waals surface area contributed by atoms with Gasteiger partial charge in [-0.25, -0.2) is 13.1 Å². The lowest BCUT2D eigenvalue weighted by Crippen LogP contribution is -2.63. The highest BCUT2D eigenvalue weighted by Gasteiger charge is 2.50. The first-order chi connectivity index (χ1) is 25.9. The van der Waals surface area contributed by atoms with Gasteiger partial charge in [-0.2, -0.15) is 0 Å². The van der Waals surface area contributed by atoms with Crippen molar-refractivity contribution >= 4 is 33.2 Å². The second kappa shape index (κ2) is 15.0. The van der Waals surface area contributed by atoms with Gasteiger partial charge in [-0.05, 0) is 112 Å². The fraction of sp³-hybridized carbons (Fsp3) is 0.643. The van der Waals surface area contributed by atoms with E-state index in [1.807, 2.05) is 32.2 Å².